The summed E-state index contributed by atoms with van der Waals surface area (Å²) in [6, 6.07) is 11.2. The van der Waals surface area contributed by atoms with Crippen molar-refractivity contribution >= 4 is 29.2 Å². The molecule has 0 saturated carbocycles. The Labute approximate surface area is 218 Å². The van der Waals surface area contributed by atoms with Crippen LogP contribution in [0.2, 0.25) is 0 Å². The highest BCUT2D eigenvalue weighted by molar-refractivity contribution is 7.18. The van der Waals surface area contributed by atoms with E-state index in [2.05, 4.69) is 10.3 Å². The zero-order valence-electron chi connectivity index (χ0n) is 20.9. The molecule has 1 atom stereocenters. The number of hydrogen-bond donors (Lipinski definition) is 2. The van der Waals surface area contributed by atoms with Gasteiger partial charge in [0.15, 0.2) is 0 Å². The Hall–Kier alpha value is -3.97. The number of likely N-dealkylation sites (tertiary alicyclic amines) is 1. The minimum Gasteiger partial charge on any atom is -0.444 e. The number of carbonyl (C=O) groups excluding carboxylic acids is 2. The standard InChI is InChI=1S/C27H28FN5O3S/c1-27(2,3)36-26(35)32-19-5-4-10-33(15-19)25(34)22-13-20(16-6-7-18(14-29)21(28)11-16)24(37-22)17-8-9-31-23(30)12-17/h6-9,11-13,19H,4-5,10,15H2,1-3H3,(H2,30,31)(H,32,35)/t19-/m1/s1. The molecule has 10 heteroatoms. The van der Waals surface area contributed by atoms with Gasteiger partial charge in [0.2, 0.25) is 0 Å². The topological polar surface area (TPSA) is 121 Å². The predicted octanol–water partition coefficient (Wildman–Crippen LogP) is 5.20. The van der Waals surface area contributed by atoms with Gasteiger partial charge in [-0.25, -0.2) is 14.2 Å². The lowest BCUT2D eigenvalue weighted by atomic mass is 10.0. The molecule has 1 aliphatic rings. The number of ether oxygens (including phenoxy) is 1. The third-order valence-corrected chi connectivity index (χ3v) is 6.99. The van der Waals surface area contributed by atoms with Gasteiger partial charge in [-0.2, -0.15) is 5.26 Å². The summed E-state index contributed by atoms with van der Waals surface area (Å²) in [4.78, 5) is 32.8. The molecule has 3 N–H and O–H groups in total. The molecule has 1 saturated heterocycles. The molecule has 0 spiro atoms. The lowest BCUT2D eigenvalue weighted by Crippen LogP contribution is -2.50. The molecule has 0 radical (unpaired) electrons. The average Bonchev–Trinajstić information content (AvgIpc) is 3.28. The Morgan fingerprint density at radius 3 is 2.70 bits per heavy atom. The summed E-state index contributed by atoms with van der Waals surface area (Å²) < 4.78 is 19.8. The summed E-state index contributed by atoms with van der Waals surface area (Å²) >= 11 is 1.28. The minimum absolute atomic E-state index is 0.0539. The smallest absolute Gasteiger partial charge is 0.407 e. The first-order valence-electron chi connectivity index (χ1n) is 11.9. The molecule has 4 rings (SSSR count). The number of aromatic nitrogens is 1. The normalized spacial score (nSPS) is 15.6. The number of anilines is 1. The Bertz CT molecular complexity index is 1380. The zero-order valence-corrected chi connectivity index (χ0v) is 21.7. The Balaban J connectivity index is 1.63. The van der Waals surface area contributed by atoms with E-state index < -0.39 is 17.5 Å². The number of amides is 2. The molecular formula is C27H28FN5O3S. The van der Waals surface area contributed by atoms with Crippen LogP contribution < -0.4 is 11.1 Å². The molecule has 37 heavy (non-hydrogen) atoms. The number of piperidine rings is 1. The summed E-state index contributed by atoms with van der Waals surface area (Å²) in [7, 11) is 0. The number of carbonyl (C=O) groups is 2. The van der Waals surface area contributed by atoms with E-state index in [0.717, 1.165) is 23.3 Å². The van der Waals surface area contributed by atoms with Crippen LogP contribution >= 0.6 is 11.3 Å². The average molecular weight is 522 g/mol. The van der Waals surface area contributed by atoms with Crippen molar-refractivity contribution in [3.05, 3.63) is 58.9 Å². The molecule has 2 amide bonds. The number of rotatable bonds is 4. The molecule has 192 valence electrons. The Morgan fingerprint density at radius 2 is 2.03 bits per heavy atom. The van der Waals surface area contributed by atoms with Gasteiger partial charge in [0.25, 0.3) is 5.91 Å². The van der Waals surface area contributed by atoms with Crippen LogP contribution in [0.1, 0.15) is 48.8 Å². The first-order chi connectivity index (χ1) is 17.5. The predicted molar refractivity (Wildman–Crippen MR) is 140 cm³/mol. The summed E-state index contributed by atoms with van der Waals surface area (Å²) in [6.07, 6.45) is 2.54. The maximum atomic E-state index is 14.5. The molecule has 2 aromatic heterocycles. The highest BCUT2D eigenvalue weighted by atomic mass is 32.1. The molecule has 0 bridgehead atoms. The van der Waals surface area contributed by atoms with Crippen molar-refractivity contribution in [1.29, 1.82) is 5.26 Å². The van der Waals surface area contributed by atoms with Gasteiger partial charge in [-0.1, -0.05) is 6.07 Å². The van der Waals surface area contributed by atoms with Crippen LogP contribution in [-0.2, 0) is 4.74 Å². The van der Waals surface area contributed by atoms with Gasteiger partial charge in [0, 0.05) is 35.8 Å². The summed E-state index contributed by atoms with van der Waals surface area (Å²) in [5.74, 6) is -0.487. The monoisotopic (exact) mass is 521 g/mol. The third kappa shape index (κ3) is 6.24. The highest BCUT2D eigenvalue weighted by Gasteiger charge is 2.29. The quantitative estimate of drug-likeness (QED) is 0.487. The van der Waals surface area contributed by atoms with Gasteiger partial charge in [0.05, 0.1) is 10.4 Å². The van der Waals surface area contributed by atoms with E-state index >= 15 is 0 Å². The molecule has 0 aliphatic carbocycles. The molecule has 0 unspecified atom stereocenters. The molecule has 1 aromatic carbocycles. The van der Waals surface area contributed by atoms with Crippen molar-refractivity contribution in [3.63, 3.8) is 0 Å². The van der Waals surface area contributed by atoms with E-state index in [0.29, 0.717) is 34.9 Å². The number of nitrogens with one attached hydrogen (secondary N) is 1. The number of hydrogen-bond acceptors (Lipinski definition) is 7. The second-order valence-electron chi connectivity index (χ2n) is 9.87. The Kier molecular flexibility index (Phi) is 7.45. The summed E-state index contributed by atoms with van der Waals surface area (Å²) in [6.45, 7) is 6.30. The second kappa shape index (κ2) is 10.6. The Morgan fingerprint density at radius 1 is 1.24 bits per heavy atom. The van der Waals surface area contributed by atoms with Crippen LogP contribution in [0.3, 0.4) is 0 Å². The summed E-state index contributed by atoms with van der Waals surface area (Å²) in [5.41, 5.74) is 7.18. The number of pyridine rings is 1. The largest absolute Gasteiger partial charge is 0.444 e. The molecule has 8 nitrogen and oxygen atoms in total. The van der Waals surface area contributed by atoms with Gasteiger partial charge < -0.3 is 20.7 Å². The van der Waals surface area contributed by atoms with Crippen molar-refractivity contribution < 1.29 is 18.7 Å². The lowest BCUT2D eigenvalue weighted by molar-refractivity contribution is 0.0453. The second-order valence-corrected chi connectivity index (χ2v) is 10.9. The van der Waals surface area contributed by atoms with Gasteiger partial charge in [-0.15, -0.1) is 11.3 Å². The zero-order chi connectivity index (χ0) is 26.7. The van der Waals surface area contributed by atoms with Crippen molar-refractivity contribution in [1.82, 2.24) is 15.2 Å². The third-order valence-electron chi connectivity index (χ3n) is 5.82. The van der Waals surface area contributed by atoms with Crippen LogP contribution in [0.25, 0.3) is 21.6 Å². The van der Waals surface area contributed by atoms with Crippen molar-refractivity contribution in [2.75, 3.05) is 18.8 Å². The van der Waals surface area contributed by atoms with Crippen LogP contribution in [0.5, 0.6) is 0 Å². The van der Waals surface area contributed by atoms with Gasteiger partial charge in [-0.05, 0) is 75.1 Å². The first-order valence-corrected chi connectivity index (χ1v) is 12.7. The van der Waals surface area contributed by atoms with Crippen molar-refractivity contribution in [3.8, 4) is 27.6 Å². The molecule has 1 fully saturated rings. The van der Waals surface area contributed by atoms with E-state index in [4.69, 9.17) is 15.7 Å². The summed E-state index contributed by atoms with van der Waals surface area (Å²) in [5, 5.41) is 12.0. The number of benzene rings is 1. The van der Waals surface area contributed by atoms with Crippen molar-refractivity contribution in [2.24, 2.45) is 0 Å². The van der Waals surface area contributed by atoms with E-state index in [1.54, 1.807) is 56.1 Å². The first kappa shape index (κ1) is 26.1. The molecule has 3 heterocycles. The number of thiophene rings is 1. The highest BCUT2D eigenvalue weighted by Crippen LogP contribution is 2.40. The van der Waals surface area contributed by atoms with Crippen LogP contribution in [0.15, 0.2) is 42.6 Å². The lowest BCUT2D eigenvalue weighted by Gasteiger charge is -2.33. The van der Waals surface area contributed by atoms with E-state index in [1.807, 2.05) is 6.07 Å². The fraction of sp³-hybridized carbons (Fsp3) is 0.333. The molecule has 1 aliphatic heterocycles. The minimum atomic E-state index is -0.633. The van der Waals surface area contributed by atoms with Crippen LogP contribution in [0.4, 0.5) is 15.0 Å². The van der Waals surface area contributed by atoms with Crippen LogP contribution in [-0.4, -0.2) is 46.6 Å². The van der Waals surface area contributed by atoms with Crippen molar-refractivity contribution in [2.45, 2.75) is 45.3 Å². The molecular weight excluding hydrogens is 493 g/mol. The van der Waals surface area contributed by atoms with Gasteiger partial charge in [0.1, 0.15) is 23.3 Å². The number of alkyl carbamates (subject to hydrolysis) is 1. The van der Waals surface area contributed by atoms with E-state index in [-0.39, 0.29) is 17.5 Å². The number of halogens is 1. The van der Waals surface area contributed by atoms with Gasteiger partial charge in [-0.3, -0.25) is 4.79 Å². The number of nitrogens with two attached hydrogens (primary N) is 1. The SMILES string of the molecule is CC(C)(C)OC(=O)N[C@@H]1CCCN(C(=O)c2cc(-c3ccc(C#N)c(F)c3)c(-c3ccnc(N)c3)s2)C1. The number of nitrogen functional groups attached to an aromatic ring is 1. The fourth-order valence-corrected chi connectivity index (χ4v) is 5.34. The number of nitrogens with zero attached hydrogens (tertiary/aromatic N) is 3. The maximum absolute atomic E-state index is 14.5. The fourth-order valence-electron chi connectivity index (χ4n) is 4.20. The number of nitriles is 1. The van der Waals surface area contributed by atoms with E-state index in [1.165, 1.54) is 23.5 Å². The van der Waals surface area contributed by atoms with E-state index in [9.17, 15) is 14.0 Å². The van der Waals surface area contributed by atoms with Crippen LogP contribution in [0, 0.1) is 17.1 Å². The molecule has 3 aromatic rings. The maximum Gasteiger partial charge on any atom is 0.407 e. The van der Waals surface area contributed by atoms with Gasteiger partial charge >= 0.3 is 6.09 Å².